The summed E-state index contributed by atoms with van der Waals surface area (Å²) in [5, 5.41) is 8.72. The van der Waals surface area contributed by atoms with E-state index in [4.69, 9.17) is 5.11 Å². The zero-order valence-corrected chi connectivity index (χ0v) is 10.6. The molecule has 1 unspecified atom stereocenters. The Labute approximate surface area is 106 Å². The molecular formula is C13H21F2NO2. The standard InChI is InChI=1S/C13H21F2NO2/c14-13(15)4-1-11(8-13)9-16-5-2-10(3-6-16)7-12(17)18/h10-11H,1-9H2,(H,17,18). The van der Waals surface area contributed by atoms with Gasteiger partial charge in [0.25, 0.3) is 0 Å². The number of rotatable bonds is 4. The van der Waals surface area contributed by atoms with E-state index in [9.17, 15) is 13.6 Å². The molecule has 18 heavy (non-hydrogen) atoms. The molecule has 1 saturated heterocycles. The van der Waals surface area contributed by atoms with Gasteiger partial charge in [0.1, 0.15) is 0 Å². The van der Waals surface area contributed by atoms with Gasteiger partial charge in [0, 0.05) is 25.8 Å². The van der Waals surface area contributed by atoms with Crippen molar-refractivity contribution in [2.24, 2.45) is 11.8 Å². The van der Waals surface area contributed by atoms with Gasteiger partial charge in [-0.25, -0.2) is 8.78 Å². The van der Waals surface area contributed by atoms with Crippen molar-refractivity contribution >= 4 is 5.97 Å². The quantitative estimate of drug-likeness (QED) is 0.845. The first-order valence-electron chi connectivity index (χ1n) is 6.76. The molecule has 0 aromatic heterocycles. The summed E-state index contributed by atoms with van der Waals surface area (Å²) in [4.78, 5) is 12.8. The largest absolute Gasteiger partial charge is 0.481 e. The molecule has 0 spiro atoms. The number of nitrogens with zero attached hydrogens (tertiary/aromatic N) is 1. The van der Waals surface area contributed by atoms with E-state index < -0.39 is 11.9 Å². The molecule has 0 aromatic carbocycles. The molecule has 1 saturated carbocycles. The van der Waals surface area contributed by atoms with Gasteiger partial charge in [-0.05, 0) is 44.2 Å². The number of carbonyl (C=O) groups is 1. The highest BCUT2D eigenvalue weighted by atomic mass is 19.3. The average molecular weight is 261 g/mol. The molecule has 1 atom stereocenters. The van der Waals surface area contributed by atoms with E-state index in [1.165, 1.54) is 0 Å². The Kier molecular flexibility index (Phi) is 4.20. The van der Waals surface area contributed by atoms with Gasteiger partial charge in [0.15, 0.2) is 0 Å². The summed E-state index contributed by atoms with van der Waals surface area (Å²) < 4.78 is 26.1. The molecule has 0 bridgehead atoms. The molecule has 2 aliphatic rings. The van der Waals surface area contributed by atoms with Gasteiger partial charge in [0.2, 0.25) is 5.92 Å². The zero-order valence-electron chi connectivity index (χ0n) is 10.6. The smallest absolute Gasteiger partial charge is 0.303 e. The van der Waals surface area contributed by atoms with Crippen LogP contribution in [0.4, 0.5) is 8.78 Å². The van der Waals surface area contributed by atoms with Crippen molar-refractivity contribution < 1.29 is 18.7 Å². The number of hydrogen-bond acceptors (Lipinski definition) is 2. The number of likely N-dealkylation sites (tertiary alicyclic amines) is 1. The maximum Gasteiger partial charge on any atom is 0.303 e. The van der Waals surface area contributed by atoms with E-state index in [0.29, 0.717) is 6.42 Å². The fraction of sp³-hybridized carbons (Fsp3) is 0.923. The number of alkyl halides is 2. The SMILES string of the molecule is O=C(O)CC1CCN(CC2CCC(F)(F)C2)CC1. The van der Waals surface area contributed by atoms with Crippen molar-refractivity contribution in [1.29, 1.82) is 0 Å². The molecule has 2 rings (SSSR count). The van der Waals surface area contributed by atoms with Crippen LogP contribution in [0.1, 0.15) is 38.5 Å². The Balaban J connectivity index is 1.69. The Morgan fingerprint density at radius 1 is 1.22 bits per heavy atom. The minimum Gasteiger partial charge on any atom is -0.481 e. The van der Waals surface area contributed by atoms with Gasteiger partial charge < -0.3 is 10.0 Å². The summed E-state index contributed by atoms with van der Waals surface area (Å²) in [6, 6.07) is 0. The molecule has 1 aliphatic heterocycles. The summed E-state index contributed by atoms with van der Waals surface area (Å²) in [7, 11) is 0. The summed E-state index contributed by atoms with van der Waals surface area (Å²) in [5.41, 5.74) is 0. The third kappa shape index (κ3) is 3.90. The van der Waals surface area contributed by atoms with Gasteiger partial charge in [0.05, 0.1) is 0 Å². The van der Waals surface area contributed by atoms with Crippen LogP contribution in [0.15, 0.2) is 0 Å². The van der Waals surface area contributed by atoms with E-state index in [1.54, 1.807) is 0 Å². The van der Waals surface area contributed by atoms with Crippen molar-refractivity contribution in [3.63, 3.8) is 0 Å². The highest BCUT2D eigenvalue weighted by molar-refractivity contribution is 5.67. The van der Waals surface area contributed by atoms with Crippen molar-refractivity contribution in [2.75, 3.05) is 19.6 Å². The minimum atomic E-state index is -2.45. The average Bonchev–Trinajstić information content (AvgIpc) is 2.60. The normalized spacial score (nSPS) is 29.6. The van der Waals surface area contributed by atoms with Crippen LogP contribution in [-0.4, -0.2) is 41.5 Å². The molecule has 1 N–H and O–H groups in total. The third-order valence-corrected chi connectivity index (χ3v) is 4.19. The molecule has 0 radical (unpaired) electrons. The number of carboxylic acids is 1. The highest BCUT2D eigenvalue weighted by Crippen LogP contribution is 2.39. The Morgan fingerprint density at radius 3 is 2.39 bits per heavy atom. The topological polar surface area (TPSA) is 40.5 Å². The van der Waals surface area contributed by atoms with Gasteiger partial charge in [-0.3, -0.25) is 4.79 Å². The lowest BCUT2D eigenvalue weighted by molar-refractivity contribution is -0.138. The molecule has 2 fully saturated rings. The van der Waals surface area contributed by atoms with Crippen LogP contribution in [-0.2, 0) is 4.79 Å². The molecule has 0 aromatic rings. The summed E-state index contributed by atoms with van der Waals surface area (Å²) in [5.74, 6) is -2.80. The number of hydrogen-bond donors (Lipinski definition) is 1. The number of carboxylic acid groups (broad SMARTS) is 1. The molecule has 0 amide bonds. The number of aliphatic carboxylic acids is 1. The van der Waals surface area contributed by atoms with E-state index in [2.05, 4.69) is 4.90 Å². The summed E-state index contributed by atoms with van der Waals surface area (Å²) in [6.07, 6.45) is 2.71. The first-order valence-corrected chi connectivity index (χ1v) is 6.76. The fourth-order valence-corrected chi connectivity index (χ4v) is 3.18. The maximum atomic E-state index is 13.1. The highest BCUT2D eigenvalue weighted by Gasteiger charge is 2.40. The summed E-state index contributed by atoms with van der Waals surface area (Å²) >= 11 is 0. The van der Waals surface area contributed by atoms with Crippen LogP contribution < -0.4 is 0 Å². The van der Waals surface area contributed by atoms with E-state index in [0.717, 1.165) is 32.5 Å². The Hall–Kier alpha value is -0.710. The molecule has 104 valence electrons. The van der Waals surface area contributed by atoms with Crippen molar-refractivity contribution in [2.45, 2.75) is 44.4 Å². The first-order chi connectivity index (χ1) is 8.44. The lowest BCUT2D eigenvalue weighted by Gasteiger charge is -2.32. The van der Waals surface area contributed by atoms with Gasteiger partial charge in [-0.2, -0.15) is 0 Å². The lowest BCUT2D eigenvalue weighted by Crippen LogP contribution is -2.37. The third-order valence-electron chi connectivity index (χ3n) is 4.19. The van der Waals surface area contributed by atoms with Gasteiger partial charge in [-0.15, -0.1) is 0 Å². The van der Waals surface area contributed by atoms with Crippen LogP contribution in [0.3, 0.4) is 0 Å². The van der Waals surface area contributed by atoms with Crippen molar-refractivity contribution in [1.82, 2.24) is 4.90 Å². The second-order valence-corrected chi connectivity index (χ2v) is 5.81. The van der Waals surface area contributed by atoms with Crippen LogP contribution in [0.2, 0.25) is 0 Å². The van der Waals surface area contributed by atoms with E-state index in [-0.39, 0.29) is 31.1 Å². The van der Waals surface area contributed by atoms with Crippen LogP contribution in [0, 0.1) is 11.8 Å². The van der Waals surface area contributed by atoms with Gasteiger partial charge >= 0.3 is 5.97 Å². The van der Waals surface area contributed by atoms with Crippen LogP contribution >= 0.6 is 0 Å². The maximum absolute atomic E-state index is 13.1. The molecule has 1 heterocycles. The second-order valence-electron chi connectivity index (χ2n) is 5.81. The molecule has 3 nitrogen and oxygen atoms in total. The van der Waals surface area contributed by atoms with Crippen LogP contribution in [0.25, 0.3) is 0 Å². The Morgan fingerprint density at radius 2 is 1.89 bits per heavy atom. The minimum absolute atomic E-state index is 0.0298. The first kappa shape index (κ1) is 13.7. The predicted octanol–water partition coefficient (Wildman–Crippen LogP) is 2.61. The second kappa shape index (κ2) is 5.51. The van der Waals surface area contributed by atoms with E-state index in [1.807, 2.05) is 0 Å². The van der Waals surface area contributed by atoms with Crippen LogP contribution in [0.5, 0.6) is 0 Å². The Bertz CT molecular complexity index is 301. The molecule has 1 aliphatic carbocycles. The van der Waals surface area contributed by atoms with E-state index >= 15 is 0 Å². The molecule has 5 heteroatoms. The predicted molar refractivity (Wildman–Crippen MR) is 63.7 cm³/mol. The van der Waals surface area contributed by atoms with Gasteiger partial charge in [-0.1, -0.05) is 0 Å². The summed E-state index contributed by atoms with van der Waals surface area (Å²) in [6.45, 7) is 2.48. The number of piperidine rings is 1. The monoisotopic (exact) mass is 261 g/mol. The van der Waals surface area contributed by atoms with Crippen molar-refractivity contribution in [3.8, 4) is 0 Å². The zero-order chi connectivity index (χ0) is 13.2. The lowest BCUT2D eigenvalue weighted by atomic mass is 9.93. The number of halogens is 2. The molecular weight excluding hydrogens is 240 g/mol. The van der Waals surface area contributed by atoms with Crippen molar-refractivity contribution in [3.05, 3.63) is 0 Å². The fourth-order valence-electron chi connectivity index (χ4n) is 3.18.